The lowest BCUT2D eigenvalue weighted by Crippen LogP contribution is -2.41. The standard InChI is InChI=1S/C12H24O3/c1-15-10-6-7-11(13)12(14)8-4-2-3-5-9-12/h11,13-14H,2-10H2,1H3. The maximum Gasteiger partial charge on any atom is 0.0905 e. The molecule has 1 atom stereocenters. The van der Waals surface area contributed by atoms with E-state index in [2.05, 4.69) is 0 Å². The monoisotopic (exact) mass is 216 g/mol. The zero-order valence-electron chi connectivity index (χ0n) is 9.74. The van der Waals surface area contributed by atoms with Crippen LogP contribution in [0, 0.1) is 0 Å². The molecule has 90 valence electrons. The lowest BCUT2D eigenvalue weighted by Gasteiger charge is -2.32. The number of hydrogen-bond donors (Lipinski definition) is 2. The molecule has 0 aromatic rings. The summed E-state index contributed by atoms with van der Waals surface area (Å²) in [5, 5.41) is 20.3. The van der Waals surface area contributed by atoms with E-state index >= 15 is 0 Å². The normalized spacial score (nSPS) is 23.4. The molecule has 3 nitrogen and oxygen atoms in total. The van der Waals surface area contributed by atoms with Gasteiger partial charge in [0.1, 0.15) is 0 Å². The zero-order valence-corrected chi connectivity index (χ0v) is 9.74. The Morgan fingerprint density at radius 2 is 1.80 bits per heavy atom. The van der Waals surface area contributed by atoms with Crippen LogP contribution in [-0.4, -0.2) is 35.6 Å². The second kappa shape index (κ2) is 6.46. The van der Waals surface area contributed by atoms with E-state index in [1.54, 1.807) is 7.11 Å². The van der Waals surface area contributed by atoms with Crippen LogP contribution in [-0.2, 0) is 4.74 Å². The maximum atomic E-state index is 10.3. The van der Waals surface area contributed by atoms with E-state index in [1.165, 1.54) is 12.8 Å². The molecule has 0 saturated heterocycles. The first-order chi connectivity index (χ1) is 7.19. The Morgan fingerprint density at radius 1 is 1.20 bits per heavy atom. The van der Waals surface area contributed by atoms with Crippen molar-refractivity contribution < 1.29 is 14.9 Å². The molecular weight excluding hydrogens is 192 g/mol. The number of aliphatic hydroxyl groups is 2. The minimum Gasteiger partial charge on any atom is -0.390 e. The molecule has 1 fully saturated rings. The molecule has 1 saturated carbocycles. The van der Waals surface area contributed by atoms with E-state index in [4.69, 9.17) is 4.74 Å². The molecule has 2 N–H and O–H groups in total. The molecule has 0 spiro atoms. The topological polar surface area (TPSA) is 49.7 Å². The first-order valence-electron chi connectivity index (χ1n) is 6.08. The van der Waals surface area contributed by atoms with Gasteiger partial charge in [-0.25, -0.2) is 0 Å². The molecule has 0 aliphatic heterocycles. The van der Waals surface area contributed by atoms with Crippen LogP contribution in [0.25, 0.3) is 0 Å². The van der Waals surface area contributed by atoms with Crippen molar-refractivity contribution in [3.63, 3.8) is 0 Å². The molecule has 0 radical (unpaired) electrons. The van der Waals surface area contributed by atoms with Crippen molar-refractivity contribution in [1.82, 2.24) is 0 Å². The van der Waals surface area contributed by atoms with Crippen LogP contribution in [0.2, 0.25) is 0 Å². The Morgan fingerprint density at radius 3 is 2.33 bits per heavy atom. The fraction of sp³-hybridized carbons (Fsp3) is 1.00. The highest BCUT2D eigenvalue weighted by molar-refractivity contribution is 4.87. The molecule has 3 heteroatoms. The van der Waals surface area contributed by atoms with Gasteiger partial charge in [-0.3, -0.25) is 0 Å². The first kappa shape index (κ1) is 12.9. The lowest BCUT2D eigenvalue weighted by atomic mass is 9.86. The minimum absolute atomic E-state index is 0.578. The summed E-state index contributed by atoms with van der Waals surface area (Å²) in [6.07, 6.45) is 6.84. The second-order valence-corrected chi connectivity index (χ2v) is 4.67. The summed E-state index contributed by atoms with van der Waals surface area (Å²) in [6.45, 7) is 0.660. The summed E-state index contributed by atoms with van der Waals surface area (Å²) < 4.78 is 4.94. The van der Waals surface area contributed by atoms with Crippen LogP contribution in [0.15, 0.2) is 0 Å². The van der Waals surface area contributed by atoms with Gasteiger partial charge in [0.2, 0.25) is 0 Å². The fourth-order valence-corrected chi connectivity index (χ4v) is 2.36. The molecule has 0 heterocycles. The van der Waals surface area contributed by atoms with E-state index in [0.717, 1.165) is 32.1 Å². The van der Waals surface area contributed by atoms with E-state index in [0.29, 0.717) is 13.0 Å². The van der Waals surface area contributed by atoms with Gasteiger partial charge in [0, 0.05) is 13.7 Å². The Hall–Kier alpha value is -0.120. The molecular formula is C12H24O3. The molecule has 1 aliphatic rings. The van der Waals surface area contributed by atoms with Crippen molar-refractivity contribution in [2.75, 3.05) is 13.7 Å². The van der Waals surface area contributed by atoms with Crippen molar-refractivity contribution in [2.24, 2.45) is 0 Å². The zero-order chi connectivity index (χ0) is 11.1. The summed E-state index contributed by atoms with van der Waals surface area (Å²) in [4.78, 5) is 0. The predicted octanol–water partition coefficient (Wildman–Crippen LogP) is 1.86. The third-order valence-corrected chi connectivity index (χ3v) is 3.42. The average Bonchev–Trinajstić information content (AvgIpc) is 2.44. The van der Waals surface area contributed by atoms with Crippen molar-refractivity contribution in [3.05, 3.63) is 0 Å². The van der Waals surface area contributed by atoms with Crippen LogP contribution < -0.4 is 0 Å². The molecule has 0 aromatic carbocycles. The van der Waals surface area contributed by atoms with E-state index in [1.807, 2.05) is 0 Å². The SMILES string of the molecule is COCCCC(O)C1(O)CCCCCC1. The summed E-state index contributed by atoms with van der Waals surface area (Å²) in [5.41, 5.74) is -0.829. The highest BCUT2D eigenvalue weighted by atomic mass is 16.5. The smallest absolute Gasteiger partial charge is 0.0905 e. The quantitative estimate of drug-likeness (QED) is 0.545. The summed E-state index contributed by atoms with van der Waals surface area (Å²) in [7, 11) is 1.66. The van der Waals surface area contributed by atoms with Gasteiger partial charge in [-0.2, -0.15) is 0 Å². The van der Waals surface area contributed by atoms with Gasteiger partial charge in [0.25, 0.3) is 0 Å². The molecule has 0 aromatic heterocycles. The largest absolute Gasteiger partial charge is 0.390 e. The first-order valence-corrected chi connectivity index (χ1v) is 6.08. The molecule has 0 bridgehead atoms. The molecule has 1 rings (SSSR count). The Balaban J connectivity index is 2.36. The Bertz CT molecular complexity index is 162. The third-order valence-electron chi connectivity index (χ3n) is 3.42. The third kappa shape index (κ3) is 4.09. The lowest BCUT2D eigenvalue weighted by molar-refractivity contribution is -0.0891. The summed E-state index contributed by atoms with van der Waals surface area (Å²) in [5.74, 6) is 0. The fourth-order valence-electron chi connectivity index (χ4n) is 2.36. The minimum atomic E-state index is -0.829. The van der Waals surface area contributed by atoms with Gasteiger partial charge in [-0.1, -0.05) is 25.7 Å². The molecule has 0 amide bonds. The van der Waals surface area contributed by atoms with Crippen LogP contribution in [0.4, 0.5) is 0 Å². The number of aliphatic hydroxyl groups excluding tert-OH is 1. The van der Waals surface area contributed by atoms with Gasteiger partial charge in [0.05, 0.1) is 11.7 Å². The van der Waals surface area contributed by atoms with E-state index in [-0.39, 0.29) is 0 Å². The van der Waals surface area contributed by atoms with Crippen molar-refractivity contribution in [1.29, 1.82) is 0 Å². The van der Waals surface area contributed by atoms with Crippen LogP contribution >= 0.6 is 0 Å². The van der Waals surface area contributed by atoms with Crippen molar-refractivity contribution in [2.45, 2.75) is 63.1 Å². The number of hydrogen-bond acceptors (Lipinski definition) is 3. The van der Waals surface area contributed by atoms with Gasteiger partial charge < -0.3 is 14.9 Å². The molecule has 1 unspecified atom stereocenters. The van der Waals surface area contributed by atoms with Crippen molar-refractivity contribution in [3.8, 4) is 0 Å². The number of ether oxygens (including phenoxy) is 1. The van der Waals surface area contributed by atoms with Crippen LogP contribution in [0.3, 0.4) is 0 Å². The van der Waals surface area contributed by atoms with Gasteiger partial charge in [-0.05, 0) is 25.7 Å². The summed E-state index contributed by atoms with van der Waals surface area (Å²) in [6, 6.07) is 0. The van der Waals surface area contributed by atoms with Gasteiger partial charge in [0.15, 0.2) is 0 Å². The van der Waals surface area contributed by atoms with E-state index in [9.17, 15) is 10.2 Å². The predicted molar refractivity (Wildman–Crippen MR) is 59.8 cm³/mol. The van der Waals surface area contributed by atoms with Gasteiger partial charge in [-0.15, -0.1) is 0 Å². The van der Waals surface area contributed by atoms with Crippen LogP contribution in [0.5, 0.6) is 0 Å². The highest BCUT2D eigenvalue weighted by Gasteiger charge is 2.35. The average molecular weight is 216 g/mol. The number of methoxy groups -OCH3 is 1. The van der Waals surface area contributed by atoms with Crippen molar-refractivity contribution >= 4 is 0 Å². The second-order valence-electron chi connectivity index (χ2n) is 4.67. The summed E-state index contributed by atoms with van der Waals surface area (Å²) >= 11 is 0. The van der Waals surface area contributed by atoms with Gasteiger partial charge >= 0.3 is 0 Å². The van der Waals surface area contributed by atoms with E-state index < -0.39 is 11.7 Å². The maximum absolute atomic E-state index is 10.3. The Labute approximate surface area is 92.4 Å². The highest BCUT2D eigenvalue weighted by Crippen LogP contribution is 2.31. The molecule has 15 heavy (non-hydrogen) atoms. The molecule has 1 aliphatic carbocycles. The number of rotatable bonds is 5. The Kier molecular flexibility index (Phi) is 5.58. The van der Waals surface area contributed by atoms with Crippen LogP contribution in [0.1, 0.15) is 51.4 Å².